The van der Waals surface area contributed by atoms with E-state index >= 15 is 0 Å². The minimum Gasteiger partial charge on any atom is -0.355 e. The molecule has 0 radical (unpaired) electrons. The summed E-state index contributed by atoms with van der Waals surface area (Å²) in [7, 11) is 0. The van der Waals surface area contributed by atoms with Gasteiger partial charge in [-0.2, -0.15) is 0 Å². The molecule has 0 aliphatic carbocycles. The highest BCUT2D eigenvalue weighted by Crippen LogP contribution is 2.07. The van der Waals surface area contributed by atoms with Crippen LogP contribution in [-0.2, 0) is 4.79 Å². The molecule has 2 N–H and O–H groups in total. The summed E-state index contributed by atoms with van der Waals surface area (Å²) in [5, 5.41) is 6.26. The standard InChI is InChI=1S/C14H30N2O/c1-6-7-8-9-15-14(17)13(5)16-10-12(4)11(2)3/h11-13,16H,6-10H2,1-5H3,(H,15,17). The highest BCUT2D eigenvalue weighted by molar-refractivity contribution is 5.81. The van der Waals surface area contributed by atoms with Crippen LogP contribution in [0.5, 0.6) is 0 Å². The summed E-state index contributed by atoms with van der Waals surface area (Å²) in [4.78, 5) is 11.7. The van der Waals surface area contributed by atoms with Crippen LogP contribution in [0.4, 0.5) is 0 Å². The van der Waals surface area contributed by atoms with Crippen molar-refractivity contribution in [2.24, 2.45) is 11.8 Å². The molecule has 0 saturated heterocycles. The quantitative estimate of drug-likeness (QED) is 0.610. The van der Waals surface area contributed by atoms with Gasteiger partial charge in [-0.3, -0.25) is 4.79 Å². The van der Waals surface area contributed by atoms with Gasteiger partial charge in [-0.1, -0.05) is 40.5 Å². The molecule has 102 valence electrons. The third kappa shape index (κ3) is 8.19. The van der Waals surface area contributed by atoms with Crippen molar-refractivity contribution in [3.05, 3.63) is 0 Å². The van der Waals surface area contributed by atoms with Gasteiger partial charge in [-0.15, -0.1) is 0 Å². The first-order valence-corrected chi connectivity index (χ1v) is 7.00. The van der Waals surface area contributed by atoms with E-state index in [1.165, 1.54) is 12.8 Å². The molecule has 3 nitrogen and oxygen atoms in total. The number of unbranched alkanes of at least 4 members (excludes halogenated alkanes) is 2. The van der Waals surface area contributed by atoms with Crippen molar-refractivity contribution < 1.29 is 4.79 Å². The normalized spacial score (nSPS) is 14.7. The van der Waals surface area contributed by atoms with Crippen molar-refractivity contribution in [1.82, 2.24) is 10.6 Å². The molecule has 0 aromatic carbocycles. The van der Waals surface area contributed by atoms with Crippen LogP contribution in [0.15, 0.2) is 0 Å². The fourth-order valence-electron chi connectivity index (χ4n) is 1.43. The van der Waals surface area contributed by atoms with Crippen molar-refractivity contribution >= 4 is 5.91 Å². The van der Waals surface area contributed by atoms with Gasteiger partial charge in [0, 0.05) is 6.54 Å². The Kier molecular flexibility index (Phi) is 9.14. The molecule has 17 heavy (non-hydrogen) atoms. The van der Waals surface area contributed by atoms with E-state index in [0.29, 0.717) is 11.8 Å². The van der Waals surface area contributed by atoms with Crippen LogP contribution in [0.3, 0.4) is 0 Å². The number of carbonyl (C=O) groups excluding carboxylic acids is 1. The van der Waals surface area contributed by atoms with Crippen molar-refractivity contribution in [3.63, 3.8) is 0 Å². The largest absolute Gasteiger partial charge is 0.355 e. The molecule has 0 aliphatic heterocycles. The summed E-state index contributed by atoms with van der Waals surface area (Å²) >= 11 is 0. The smallest absolute Gasteiger partial charge is 0.236 e. The highest BCUT2D eigenvalue weighted by atomic mass is 16.2. The maximum Gasteiger partial charge on any atom is 0.236 e. The van der Waals surface area contributed by atoms with E-state index in [9.17, 15) is 4.79 Å². The van der Waals surface area contributed by atoms with Crippen molar-refractivity contribution in [3.8, 4) is 0 Å². The lowest BCUT2D eigenvalue weighted by Crippen LogP contribution is -2.44. The average Bonchev–Trinajstić information content (AvgIpc) is 2.30. The predicted octanol–water partition coefficient (Wildman–Crippen LogP) is 2.56. The lowest BCUT2D eigenvalue weighted by Gasteiger charge is -2.19. The zero-order chi connectivity index (χ0) is 13.3. The second-order valence-corrected chi connectivity index (χ2v) is 5.35. The number of hydrogen-bond donors (Lipinski definition) is 2. The molecule has 2 atom stereocenters. The summed E-state index contributed by atoms with van der Waals surface area (Å²) in [6, 6.07) is -0.0853. The maximum absolute atomic E-state index is 11.7. The molecule has 0 saturated carbocycles. The van der Waals surface area contributed by atoms with Gasteiger partial charge in [-0.25, -0.2) is 0 Å². The van der Waals surface area contributed by atoms with Crippen molar-refractivity contribution in [1.29, 1.82) is 0 Å². The van der Waals surface area contributed by atoms with Gasteiger partial charge < -0.3 is 10.6 Å². The molecular formula is C14H30N2O. The topological polar surface area (TPSA) is 41.1 Å². The van der Waals surface area contributed by atoms with Gasteiger partial charge >= 0.3 is 0 Å². The monoisotopic (exact) mass is 242 g/mol. The Morgan fingerprint density at radius 3 is 2.29 bits per heavy atom. The molecule has 0 rings (SSSR count). The maximum atomic E-state index is 11.7. The van der Waals surface area contributed by atoms with Crippen LogP contribution >= 0.6 is 0 Å². The fraction of sp³-hybridized carbons (Fsp3) is 0.929. The highest BCUT2D eigenvalue weighted by Gasteiger charge is 2.13. The SMILES string of the molecule is CCCCCNC(=O)C(C)NCC(C)C(C)C. The molecule has 0 aromatic heterocycles. The average molecular weight is 242 g/mol. The minimum absolute atomic E-state index is 0.0853. The van der Waals surface area contributed by atoms with Gasteiger partial charge in [0.05, 0.1) is 6.04 Å². The van der Waals surface area contributed by atoms with Gasteiger partial charge in [0.1, 0.15) is 0 Å². The molecule has 0 fully saturated rings. The third-order valence-electron chi connectivity index (χ3n) is 3.36. The Bertz CT molecular complexity index is 204. The summed E-state index contributed by atoms with van der Waals surface area (Å²) < 4.78 is 0. The summed E-state index contributed by atoms with van der Waals surface area (Å²) in [5.41, 5.74) is 0. The second-order valence-electron chi connectivity index (χ2n) is 5.35. The Hall–Kier alpha value is -0.570. The number of carbonyl (C=O) groups is 1. The zero-order valence-corrected chi connectivity index (χ0v) is 12.2. The first kappa shape index (κ1) is 16.4. The predicted molar refractivity (Wildman–Crippen MR) is 74.0 cm³/mol. The fourth-order valence-corrected chi connectivity index (χ4v) is 1.43. The summed E-state index contributed by atoms with van der Waals surface area (Å²) in [5.74, 6) is 1.38. The van der Waals surface area contributed by atoms with Crippen molar-refractivity contribution in [2.75, 3.05) is 13.1 Å². The van der Waals surface area contributed by atoms with E-state index in [4.69, 9.17) is 0 Å². The van der Waals surface area contributed by atoms with Crippen LogP contribution in [0, 0.1) is 11.8 Å². The minimum atomic E-state index is -0.0853. The summed E-state index contributed by atoms with van der Waals surface area (Å²) in [6.45, 7) is 12.4. The van der Waals surface area contributed by atoms with Crippen LogP contribution in [0.1, 0.15) is 53.9 Å². The van der Waals surface area contributed by atoms with Crippen molar-refractivity contribution in [2.45, 2.75) is 59.9 Å². The molecule has 3 heteroatoms. The van der Waals surface area contributed by atoms with Gasteiger partial charge in [0.15, 0.2) is 0 Å². The molecule has 0 bridgehead atoms. The molecule has 0 aliphatic rings. The lowest BCUT2D eigenvalue weighted by molar-refractivity contribution is -0.122. The van der Waals surface area contributed by atoms with Crippen LogP contribution in [-0.4, -0.2) is 25.0 Å². The van der Waals surface area contributed by atoms with E-state index in [1.54, 1.807) is 0 Å². The molecule has 2 unspecified atom stereocenters. The van der Waals surface area contributed by atoms with E-state index in [2.05, 4.69) is 38.3 Å². The third-order valence-corrected chi connectivity index (χ3v) is 3.36. The zero-order valence-electron chi connectivity index (χ0n) is 12.2. The Labute approximate surface area is 107 Å². The molecular weight excluding hydrogens is 212 g/mol. The van der Waals surface area contributed by atoms with Crippen LogP contribution in [0.2, 0.25) is 0 Å². The van der Waals surface area contributed by atoms with Gasteiger partial charge in [0.25, 0.3) is 0 Å². The number of nitrogens with one attached hydrogen (secondary N) is 2. The Morgan fingerprint density at radius 2 is 1.76 bits per heavy atom. The first-order valence-electron chi connectivity index (χ1n) is 7.00. The lowest BCUT2D eigenvalue weighted by atomic mass is 9.98. The first-order chi connectivity index (χ1) is 7.99. The number of hydrogen-bond acceptors (Lipinski definition) is 2. The molecule has 1 amide bonds. The number of amides is 1. The summed E-state index contributed by atoms with van der Waals surface area (Å²) in [6.07, 6.45) is 3.46. The van der Waals surface area contributed by atoms with E-state index in [1.807, 2.05) is 6.92 Å². The Balaban J connectivity index is 3.67. The van der Waals surface area contributed by atoms with Gasteiger partial charge in [0.2, 0.25) is 5.91 Å². The molecule has 0 aromatic rings. The van der Waals surface area contributed by atoms with E-state index < -0.39 is 0 Å². The second kappa shape index (κ2) is 9.46. The van der Waals surface area contributed by atoms with Crippen LogP contribution in [0.25, 0.3) is 0 Å². The van der Waals surface area contributed by atoms with Crippen LogP contribution < -0.4 is 10.6 Å². The van der Waals surface area contributed by atoms with E-state index in [0.717, 1.165) is 19.5 Å². The van der Waals surface area contributed by atoms with Gasteiger partial charge in [-0.05, 0) is 31.7 Å². The van der Waals surface area contributed by atoms with E-state index in [-0.39, 0.29) is 11.9 Å². The number of rotatable bonds is 9. The molecule has 0 spiro atoms. The Morgan fingerprint density at radius 1 is 1.12 bits per heavy atom. The molecule has 0 heterocycles.